The van der Waals surface area contributed by atoms with Crippen molar-refractivity contribution < 1.29 is 32.6 Å². The zero-order valence-corrected chi connectivity index (χ0v) is 9.18. The van der Waals surface area contributed by atoms with E-state index in [1.54, 1.807) is 0 Å². The molecule has 0 aliphatic rings. The van der Waals surface area contributed by atoms with Crippen LogP contribution in [0.15, 0.2) is 0 Å². The molecule has 0 saturated carbocycles. The normalized spacial score (nSPS) is 1.50. The molecule has 0 N–H and O–H groups in total. The first-order chi connectivity index (χ1) is 1.00. The minimum absolute atomic E-state index is 0. The van der Waals surface area contributed by atoms with Gasteiger partial charge in [0, 0.05) is 17.1 Å². The van der Waals surface area contributed by atoms with E-state index >= 15 is 0 Å². The molecule has 4 heavy (non-hydrogen) atoms. The molecule has 0 spiro atoms. The molecule has 0 aromatic rings. The van der Waals surface area contributed by atoms with Crippen molar-refractivity contribution in [2.75, 3.05) is 0 Å². The topological polar surface area (TPSA) is 0 Å². The van der Waals surface area contributed by atoms with Crippen LogP contribution in [0.25, 0.3) is 0 Å². The summed E-state index contributed by atoms with van der Waals surface area (Å²) in [5.74, 6) is 0. The zero-order chi connectivity index (χ0) is 2.00. The Morgan fingerprint density at radius 1 is 1.25 bits per heavy atom. The molecular weight excluding hydrogens is 269 g/mol. The van der Waals surface area contributed by atoms with Gasteiger partial charge in [0.25, 0.3) is 0 Å². The first kappa shape index (κ1) is 16.3. The Morgan fingerprint density at radius 3 is 1.25 bits per heavy atom. The second kappa shape index (κ2) is 18.7. The van der Waals surface area contributed by atoms with Crippen molar-refractivity contribution in [2.24, 2.45) is 0 Å². The van der Waals surface area contributed by atoms with Crippen molar-refractivity contribution in [1.82, 2.24) is 0 Å². The monoisotopic (exact) mass is 274 g/mol. The third kappa shape index (κ3) is 8.86. The number of rotatable bonds is 0. The average molecular weight is 273 g/mol. The van der Waals surface area contributed by atoms with Gasteiger partial charge in [-0.3, -0.25) is 0 Å². The molecule has 0 fully saturated rings. The standard InChI is InChI=1S/Cu.Fe.H2P.Sn.2H/h;;1H2;;;/q;+1;-1;;;. The van der Waals surface area contributed by atoms with Crippen LogP contribution in [-0.2, 0) is 32.6 Å². The molecule has 0 saturated heterocycles. The Morgan fingerprint density at radius 2 is 1.25 bits per heavy atom. The van der Waals surface area contributed by atoms with Crippen LogP contribution < -0.4 is 0 Å². The third-order valence-electron chi connectivity index (χ3n) is 0. The Labute approximate surface area is 63.9 Å². The summed E-state index contributed by atoms with van der Waals surface area (Å²) in [6.45, 7) is 0. The fraction of sp³-hybridized carbons (Fsp3) is 0. The maximum absolute atomic E-state index is 3.17. The first-order valence-corrected chi connectivity index (χ1v) is 2.52. The quantitative estimate of drug-likeness (QED) is 0.408. The third-order valence-corrected chi connectivity index (χ3v) is 0. The van der Waals surface area contributed by atoms with E-state index in [4.69, 9.17) is 0 Å². The maximum atomic E-state index is 3.17. The zero-order valence-electron chi connectivity index (χ0n) is 1.94. The van der Waals surface area contributed by atoms with Gasteiger partial charge >= 0.3 is 47.4 Å². The van der Waals surface area contributed by atoms with Crippen molar-refractivity contribution in [3.05, 3.63) is 0 Å². The van der Waals surface area contributed by atoms with Gasteiger partial charge in [0.1, 0.15) is 0 Å². The second-order valence-electron chi connectivity index (χ2n) is 0. The van der Waals surface area contributed by atoms with E-state index in [0.29, 0.717) is 0 Å². The summed E-state index contributed by atoms with van der Waals surface area (Å²) in [6, 6.07) is 0. The van der Waals surface area contributed by atoms with E-state index in [2.05, 4.69) is 23.5 Å². The Balaban J connectivity index is -0.00000000500. The van der Waals surface area contributed by atoms with Crippen LogP contribution in [0, 0.1) is 0 Å². The number of hydrogen-bond acceptors (Lipinski definition) is 0. The molecular formula is H4CuFePSn. The molecule has 4 heteroatoms. The Kier molecular flexibility index (Phi) is 76.0. The molecule has 0 aliphatic carbocycles. The van der Waals surface area contributed by atoms with E-state index in [-0.39, 0.29) is 41.0 Å². The van der Waals surface area contributed by atoms with E-state index < -0.39 is 0 Å². The van der Waals surface area contributed by atoms with Crippen LogP contribution in [0.2, 0.25) is 0 Å². The first-order valence-electron chi connectivity index (χ1n) is 0.204. The molecule has 0 nitrogen and oxygen atoms in total. The van der Waals surface area contributed by atoms with Gasteiger partial charge in [-0.1, -0.05) is 0 Å². The average Bonchev–Trinajstić information content (AvgIpc) is 1.00. The predicted octanol–water partition coefficient (Wildman–Crippen LogP) is -0.595. The Hall–Kier alpha value is 2.27. The molecule has 0 rings (SSSR count). The molecule has 0 heterocycles. The van der Waals surface area contributed by atoms with E-state index in [0.717, 1.165) is 0 Å². The fourth-order valence-corrected chi connectivity index (χ4v) is 0. The van der Waals surface area contributed by atoms with E-state index in [1.807, 2.05) is 0 Å². The van der Waals surface area contributed by atoms with Crippen LogP contribution in [0.1, 0.15) is 0 Å². The van der Waals surface area contributed by atoms with Crippen molar-refractivity contribution in [3.63, 3.8) is 0 Å². The minimum atomic E-state index is 0. The van der Waals surface area contributed by atoms with Crippen LogP contribution in [0.3, 0.4) is 0 Å². The van der Waals surface area contributed by atoms with E-state index in [9.17, 15) is 0 Å². The molecule has 0 amide bonds. The molecule has 0 aliphatic heterocycles. The van der Waals surface area contributed by atoms with Crippen LogP contribution in [0.5, 0.6) is 0 Å². The van der Waals surface area contributed by atoms with E-state index in [1.165, 1.54) is 0 Å². The summed E-state index contributed by atoms with van der Waals surface area (Å²) in [5.41, 5.74) is 0. The van der Waals surface area contributed by atoms with Gasteiger partial charge in [0.2, 0.25) is 0 Å². The number of hydrogen-bond donors (Lipinski definition) is 0. The molecule has 32 valence electrons. The van der Waals surface area contributed by atoms with Crippen LogP contribution in [0.4, 0.5) is 0 Å². The van der Waals surface area contributed by atoms with Crippen LogP contribution >= 0.6 is 7.93 Å². The second-order valence-corrected chi connectivity index (χ2v) is 0. The van der Waals surface area contributed by atoms with Crippen molar-refractivity contribution in [3.8, 4) is 0 Å². The Bertz CT molecular complexity index is 8.00. The van der Waals surface area contributed by atoms with Gasteiger partial charge in [-0.05, 0) is 0 Å². The van der Waals surface area contributed by atoms with Crippen molar-refractivity contribution in [2.45, 2.75) is 0 Å². The molecule has 0 aromatic heterocycles. The fourth-order valence-electron chi connectivity index (χ4n) is 0. The summed E-state index contributed by atoms with van der Waals surface area (Å²) >= 11 is 3.17. The van der Waals surface area contributed by atoms with Gasteiger partial charge < -0.3 is 0 Å². The molecule has 1 unspecified atom stereocenters. The summed E-state index contributed by atoms with van der Waals surface area (Å²) in [7, 11) is 2.17. The summed E-state index contributed by atoms with van der Waals surface area (Å²) < 4.78 is 0. The predicted molar refractivity (Wildman–Crippen MR) is 18.3 cm³/mol. The summed E-state index contributed by atoms with van der Waals surface area (Å²) in [6.07, 6.45) is 0. The van der Waals surface area contributed by atoms with Gasteiger partial charge in [-0.2, -0.15) is 0 Å². The van der Waals surface area contributed by atoms with Crippen LogP contribution in [-0.4, -0.2) is 23.9 Å². The summed E-state index contributed by atoms with van der Waals surface area (Å²) in [5, 5.41) is 0. The molecule has 3 radical (unpaired) electrons. The van der Waals surface area contributed by atoms with Gasteiger partial charge in [0.15, 0.2) is 0 Å². The van der Waals surface area contributed by atoms with Crippen molar-refractivity contribution in [1.29, 1.82) is 0 Å². The summed E-state index contributed by atoms with van der Waals surface area (Å²) in [4.78, 5) is 0. The van der Waals surface area contributed by atoms with Gasteiger partial charge in [-0.15, -0.1) is 0 Å². The van der Waals surface area contributed by atoms with Gasteiger partial charge in [0.05, 0.1) is 0 Å². The molecule has 1 atom stereocenters. The molecule has 0 bridgehead atoms. The van der Waals surface area contributed by atoms with Crippen molar-refractivity contribution >= 4 is 31.8 Å². The van der Waals surface area contributed by atoms with Gasteiger partial charge in [-0.25, -0.2) is 0 Å². The molecule has 0 aromatic carbocycles. The SMILES string of the molecule is [Cu].[PH2][Fe].[SnH2].